The van der Waals surface area contributed by atoms with Crippen molar-refractivity contribution < 1.29 is 9.90 Å². The van der Waals surface area contributed by atoms with Gasteiger partial charge in [-0.2, -0.15) is 5.10 Å². The summed E-state index contributed by atoms with van der Waals surface area (Å²) < 4.78 is 0.840. The number of pyridine rings is 1. The van der Waals surface area contributed by atoms with Crippen LogP contribution in [0.5, 0.6) is 5.75 Å². The highest BCUT2D eigenvalue weighted by atomic mass is 79.9. The number of carbonyl (C=O) groups excluding carboxylic acids is 1. The summed E-state index contributed by atoms with van der Waals surface area (Å²) in [5, 5.41) is 14.9. The van der Waals surface area contributed by atoms with Crippen molar-refractivity contribution in [2.24, 2.45) is 5.10 Å². The Kier molecular flexibility index (Phi) is 5.46. The standard InChI is InChI=1S/C18H12BrCl2N3O2/c1-9-4-14(13-6-11(19)2-3-16(13)23-9)18(26)24-22-8-10-5-12(20)7-15(21)17(10)25/h2-8,25H,1H3,(H,24,26)/b22-8-. The molecular weight excluding hydrogens is 441 g/mol. The van der Waals surface area contributed by atoms with Crippen LogP contribution in [0.3, 0.4) is 0 Å². The van der Waals surface area contributed by atoms with E-state index < -0.39 is 5.91 Å². The van der Waals surface area contributed by atoms with Gasteiger partial charge in [-0.25, -0.2) is 5.43 Å². The molecule has 1 amide bonds. The summed E-state index contributed by atoms with van der Waals surface area (Å²) in [4.78, 5) is 17.0. The maximum Gasteiger partial charge on any atom is 0.272 e. The number of aryl methyl sites for hydroxylation is 1. The van der Waals surface area contributed by atoms with Crippen LogP contribution in [0, 0.1) is 6.92 Å². The number of benzene rings is 2. The van der Waals surface area contributed by atoms with E-state index in [-0.39, 0.29) is 10.8 Å². The number of phenols is 1. The largest absolute Gasteiger partial charge is 0.506 e. The molecule has 0 radical (unpaired) electrons. The van der Waals surface area contributed by atoms with Gasteiger partial charge in [0.2, 0.25) is 0 Å². The fourth-order valence-corrected chi connectivity index (χ4v) is 3.29. The van der Waals surface area contributed by atoms with E-state index in [1.807, 2.05) is 25.1 Å². The molecule has 3 aromatic rings. The minimum absolute atomic E-state index is 0.103. The molecule has 0 unspecified atom stereocenters. The molecule has 2 aromatic carbocycles. The normalized spacial score (nSPS) is 11.2. The van der Waals surface area contributed by atoms with Crippen molar-refractivity contribution in [1.82, 2.24) is 10.4 Å². The molecule has 0 bridgehead atoms. The molecule has 0 spiro atoms. The van der Waals surface area contributed by atoms with Gasteiger partial charge in [-0.3, -0.25) is 9.78 Å². The SMILES string of the molecule is Cc1cc(C(=O)N/N=C\c2cc(Cl)cc(Cl)c2O)c2cc(Br)ccc2n1. The van der Waals surface area contributed by atoms with E-state index in [0.717, 1.165) is 4.47 Å². The van der Waals surface area contributed by atoms with Crippen LogP contribution in [0.2, 0.25) is 10.0 Å². The van der Waals surface area contributed by atoms with Gasteiger partial charge >= 0.3 is 0 Å². The second-order valence-corrected chi connectivity index (χ2v) is 7.26. The van der Waals surface area contributed by atoms with E-state index in [1.54, 1.807) is 6.07 Å². The van der Waals surface area contributed by atoms with Gasteiger partial charge in [-0.15, -0.1) is 0 Å². The molecule has 0 aliphatic carbocycles. The molecule has 132 valence electrons. The van der Waals surface area contributed by atoms with Gasteiger partial charge in [-0.05, 0) is 43.3 Å². The van der Waals surface area contributed by atoms with Gasteiger partial charge in [0.05, 0.1) is 22.3 Å². The van der Waals surface area contributed by atoms with Crippen LogP contribution in [0.15, 0.2) is 46.0 Å². The van der Waals surface area contributed by atoms with Gasteiger partial charge in [0, 0.05) is 26.1 Å². The average Bonchev–Trinajstić information content (AvgIpc) is 2.58. The molecule has 8 heteroatoms. The molecule has 0 fully saturated rings. The van der Waals surface area contributed by atoms with Crippen molar-refractivity contribution in [2.45, 2.75) is 6.92 Å². The average molecular weight is 453 g/mol. The van der Waals surface area contributed by atoms with Crippen molar-refractivity contribution in [3.8, 4) is 5.75 Å². The Morgan fingerprint density at radius 3 is 2.81 bits per heavy atom. The molecule has 0 atom stereocenters. The minimum atomic E-state index is -0.400. The van der Waals surface area contributed by atoms with Gasteiger partial charge in [0.15, 0.2) is 0 Å². The number of nitrogens with one attached hydrogen (secondary N) is 1. The number of rotatable bonds is 3. The smallest absolute Gasteiger partial charge is 0.272 e. The van der Waals surface area contributed by atoms with Gasteiger partial charge in [0.25, 0.3) is 5.91 Å². The van der Waals surface area contributed by atoms with Crippen LogP contribution in [0.1, 0.15) is 21.6 Å². The molecule has 0 saturated carbocycles. The lowest BCUT2D eigenvalue weighted by Gasteiger charge is -2.07. The number of amides is 1. The molecule has 1 aromatic heterocycles. The zero-order valence-electron chi connectivity index (χ0n) is 13.4. The van der Waals surface area contributed by atoms with E-state index in [1.165, 1.54) is 18.3 Å². The Bertz CT molecular complexity index is 1050. The number of hydrogen-bond acceptors (Lipinski definition) is 4. The molecule has 26 heavy (non-hydrogen) atoms. The predicted molar refractivity (Wildman–Crippen MR) is 107 cm³/mol. The summed E-state index contributed by atoms with van der Waals surface area (Å²) in [5.74, 6) is -0.564. The highest BCUT2D eigenvalue weighted by Gasteiger charge is 2.12. The third-order valence-corrected chi connectivity index (χ3v) is 4.57. The summed E-state index contributed by atoms with van der Waals surface area (Å²) in [6.07, 6.45) is 1.27. The second-order valence-electron chi connectivity index (χ2n) is 5.50. The third-order valence-electron chi connectivity index (χ3n) is 3.57. The van der Waals surface area contributed by atoms with E-state index in [4.69, 9.17) is 23.2 Å². The van der Waals surface area contributed by atoms with E-state index >= 15 is 0 Å². The van der Waals surface area contributed by atoms with Crippen molar-refractivity contribution >= 4 is 62.2 Å². The van der Waals surface area contributed by atoms with Crippen LogP contribution in [-0.4, -0.2) is 22.2 Å². The lowest BCUT2D eigenvalue weighted by molar-refractivity contribution is 0.0956. The summed E-state index contributed by atoms with van der Waals surface area (Å²) >= 11 is 15.2. The van der Waals surface area contributed by atoms with E-state index in [2.05, 4.69) is 31.4 Å². The molecule has 5 nitrogen and oxygen atoms in total. The first kappa shape index (κ1) is 18.6. The van der Waals surface area contributed by atoms with E-state index in [9.17, 15) is 9.90 Å². The maximum absolute atomic E-state index is 12.5. The molecule has 0 aliphatic rings. The van der Waals surface area contributed by atoms with Crippen LogP contribution in [0.4, 0.5) is 0 Å². The fourth-order valence-electron chi connectivity index (χ4n) is 2.42. The monoisotopic (exact) mass is 451 g/mol. The summed E-state index contributed by atoms with van der Waals surface area (Å²) in [5.41, 5.74) is 4.60. The summed E-state index contributed by atoms with van der Waals surface area (Å²) in [6.45, 7) is 1.81. The number of aromatic hydroxyl groups is 1. The number of aromatic nitrogens is 1. The number of hydrazone groups is 1. The first-order chi connectivity index (χ1) is 12.3. The Labute approximate surface area is 167 Å². The van der Waals surface area contributed by atoms with Gasteiger partial charge in [-0.1, -0.05) is 39.1 Å². The minimum Gasteiger partial charge on any atom is -0.506 e. The fraction of sp³-hybridized carbons (Fsp3) is 0.0556. The van der Waals surface area contributed by atoms with E-state index in [0.29, 0.717) is 32.7 Å². The van der Waals surface area contributed by atoms with Gasteiger partial charge < -0.3 is 5.11 Å². The Morgan fingerprint density at radius 2 is 2.04 bits per heavy atom. The number of phenolic OH excluding ortho intramolecular Hbond substituents is 1. The van der Waals surface area contributed by atoms with Crippen LogP contribution in [-0.2, 0) is 0 Å². The highest BCUT2D eigenvalue weighted by molar-refractivity contribution is 9.10. The molecule has 0 saturated heterocycles. The first-order valence-electron chi connectivity index (χ1n) is 7.43. The quantitative estimate of drug-likeness (QED) is 0.429. The number of carbonyl (C=O) groups is 1. The molecule has 1 heterocycles. The van der Waals surface area contributed by atoms with Crippen LogP contribution in [0.25, 0.3) is 10.9 Å². The highest BCUT2D eigenvalue weighted by Crippen LogP contribution is 2.30. The lowest BCUT2D eigenvalue weighted by atomic mass is 10.1. The van der Waals surface area contributed by atoms with Crippen molar-refractivity contribution in [3.05, 3.63) is 67.7 Å². The van der Waals surface area contributed by atoms with Crippen molar-refractivity contribution in [1.29, 1.82) is 0 Å². The zero-order valence-corrected chi connectivity index (χ0v) is 16.5. The predicted octanol–water partition coefficient (Wildman–Crippen LogP) is 5.08. The van der Waals surface area contributed by atoms with Crippen molar-refractivity contribution in [3.63, 3.8) is 0 Å². The molecular formula is C18H12BrCl2N3O2. The van der Waals surface area contributed by atoms with Crippen molar-refractivity contribution in [2.75, 3.05) is 0 Å². The number of halogens is 3. The zero-order chi connectivity index (χ0) is 18.8. The molecule has 2 N–H and O–H groups in total. The number of hydrogen-bond donors (Lipinski definition) is 2. The molecule has 0 aliphatic heterocycles. The first-order valence-corrected chi connectivity index (χ1v) is 8.98. The third kappa shape index (κ3) is 3.98. The topological polar surface area (TPSA) is 74.6 Å². The second kappa shape index (κ2) is 7.61. The lowest BCUT2D eigenvalue weighted by Crippen LogP contribution is -2.18. The van der Waals surface area contributed by atoms with Crippen LogP contribution < -0.4 is 5.43 Å². The number of fused-ring (bicyclic) bond motifs is 1. The Balaban J connectivity index is 1.90. The number of nitrogens with zero attached hydrogens (tertiary/aromatic N) is 2. The Morgan fingerprint density at radius 1 is 1.27 bits per heavy atom. The summed E-state index contributed by atoms with van der Waals surface area (Å²) in [6, 6.07) is 10.1. The maximum atomic E-state index is 12.5. The molecule has 3 rings (SSSR count). The summed E-state index contributed by atoms with van der Waals surface area (Å²) in [7, 11) is 0. The van der Waals surface area contributed by atoms with Gasteiger partial charge in [0.1, 0.15) is 5.75 Å². The Hall–Kier alpha value is -2.15. The van der Waals surface area contributed by atoms with Crippen LogP contribution >= 0.6 is 39.1 Å².